The SMILES string of the molecule is CC1Nc2ccccc2CC1C(=O)NCC(N)=O. The van der Waals surface area contributed by atoms with Crippen molar-refractivity contribution in [2.45, 2.75) is 19.4 Å². The van der Waals surface area contributed by atoms with Gasteiger partial charge < -0.3 is 16.4 Å². The third-order valence-corrected chi connectivity index (χ3v) is 3.22. The van der Waals surface area contributed by atoms with Crippen molar-refractivity contribution in [3.05, 3.63) is 29.8 Å². The first-order valence-corrected chi connectivity index (χ1v) is 5.98. The van der Waals surface area contributed by atoms with E-state index in [9.17, 15) is 9.59 Å². The largest absolute Gasteiger partial charge is 0.382 e. The minimum absolute atomic E-state index is 0.0350. The lowest BCUT2D eigenvalue weighted by molar-refractivity contribution is -0.128. The van der Waals surface area contributed by atoms with Crippen LogP contribution in [0.2, 0.25) is 0 Å². The van der Waals surface area contributed by atoms with Gasteiger partial charge in [0.05, 0.1) is 12.5 Å². The number of rotatable bonds is 3. The molecule has 0 saturated carbocycles. The van der Waals surface area contributed by atoms with Gasteiger partial charge in [0.1, 0.15) is 0 Å². The molecule has 0 aliphatic carbocycles. The number of amides is 2. The van der Waals surface area contributed by atoms with Gasteiger partial charge in [-0.3, -0.25) is 9.59 Å². The average molecular weight is 247 g/mol. The first-order valence-electron chi connectivity index (χ1n) is 5.98. The second-order valence-corrected chi connectivity index (χ2v) is 4.58. The molecule has 96 valence electrons. The molecule has 1 aliphatic rings. The second kappa shape index (κ2) is 5.08. The number of benzene rings is 1. The summed E-state index contributed by atoms with van der Waals surface area (Å²) in [6, 6.07) is 7.96. The molecule has 0 aromatic heterocycles. The number of carbonyl (C=O) groups excluding carboxylic acids is 2. The van der Waals surface area contributed by atoms with E-state index in [0.29, 0.717) is 6.42 Å². The molecule has 2 rings (SSSR count). The number of fused-ring (bicyclic) bond motifs is 1. The van der Waals surface area contributed by atoms with Gasteiger partial charge in [-0.15, -0.1) is 0 Å². The van der Waals surface area contributed by atoms with E-state index in [1.54, 1.807) is 0 Å². The van der Waals surface area contributed by atoms with Crippen LogP contribution in [0, 0.1) is 5.92 Å². The molecule has 5 heteroatoms. The van der Waals surface area contributed by atoms with Crippen molar-refractivity contribution in [1.29, 1.82) is 0 Å². The van der Waals surface area contributed by atoms with Crippen LogP contribution in [-0.2, 0) is 16.0 Å². The summed E-state index contributed by atoms with van der Waals surface area (Å²) in [4.78, 5) is 22.6. The number of primary amides is 1. The van der Waals surface area contributed by atoms with Crippen LogP contribution in [0.15, 0.2) is 24.3 Å². The number of carbonyl (C=O) groups is 2. The van der Waals surface area contributed by atoms with Crippen LogP contribution in [0.4, 0.5) is 5.69 Å². The Labute approximate surface area is 106 Å². The fraction of sp³-hybridized carbons (Fsp3) is 0.385. The maximum Gasteiger partial charge on any atom is 0.236 e. The second-order valence-electron chi connectivity index (χ2n) is 4.58. The van der Waals surface area contributed by atoms with Gasteiger partial charge in [0.15, 0.2) is 0 Å². The van der Waals surface area contributed by atoms with Gasteiger partial charge in [-0.05, 0) is 25.0 Å². The Bertz CT molecular complexity index is 473. The van der Waals surface area contributed by atoms with E-state index in [1.165, 1.54) is 0 Å². The van der Waals surface area contributed by atoms with Crippen molar-refractivity contribution in [3.8, 4) is 0 Å². The predicted octanol–water partition coefficient (Wildman–Crippen LogP) is 0.261. The Morgan fingerprint density at radius 1 is 1.44 bits per heavy atom. The molecule has 1 aliphatic heterocycles. The first kappa shape index (κ1) is 12.4. The lowest BCUT2D eigenvalue weighted by Crippen LogP contribution is -2.45. The summed E-state index contributed by atoms with van der Waals surface area (Å²) in [5, 5.41) is 5.86. The molecule has 1 aromatic carbocycles. The molecule has 2 atom stereocenters. The summed E-state index contributed by atoms with van der Waals surface area (Å²) in [5.74, 6) is -0.845. The van der Waals surface area contributed by atoms with Gasteiger partial charge in [-0.1, -0.05) is 18.2 Å². The highest BCUT2D eigenvalue weighted by Gasteiger charge is 2.30. The van der Waals surface area contributed by atoms with Gasteiger partial charge >= 0.3 is 0 Å². The lowest BCUT2D eigenvalue weighted by atomic mass is 9.87. The van der Waals surface area contributed by atoms with Crippen molar-refractivity contribution in [3.63, 3.8) is 0 Å². The van der Waals surface area contributed by atoms with Crippen LogP contribution < -0.4 is 16.4 Å². The van der Waals surface area contributed by atoms with E-state index >= 15 is 0 Å². The average Bonchev–Trinajstić information content (AvgIpc) is 2.35. The molecule has 0 spiro atoms. The Kier molecular flexibility index (Phi) is 3.50. The van der Waals surface area contributed by atoms with Crippen molar-refractivity contribution in [1.82, 2.24) is 5.32 Å². The molecular weight excluding hydrogens is 230 g/mol. The highest BCUT2D eigenvalue weighted by molar-refractivity contribution is 5.86. The van der Waals surface area contributed by atoms with Gasteiger partial charge in [-0.2, -0.15) is 0 Å². The van der Waals surface area contributed by atoms with E-state index in [2.05, 4.69) is 10.6 Å². The van der Waals surface area contributed by atoms with Crippen molar-refractivity contribution >= 4 is 17.5 Å². The molecule has 2 amide bonds. The van der Waals surface area contributed by atoms with Gasteiger partial charge in [0.2, 0.25) is 11.8 Å². The van der Waals surface area contributed by atoms with Crippen LogP contribution in [0.5, 0.6) is 0 Å². The van der Waals surface area contributed by atoms with Crippen LogP contribution in [0.25, 0.3) is 0 Å². The molecule has 0 bridgehead atoms. The van der Waals surface area contributed by atoms with Gasteiger partial charge in [-0.25, -0.2) is 0 Å². The van der Waals surface area contributed by atoms with E-state index in [4.69, 9.17) is 5.73 Å². The normalized spacial score (nSPS) is 21.6. The minimum atomic E-state index is -0.528. The zero-order valence-electron chi connectivity index (χ0n) is 10.3. The molecular formula is C13H17N3O2. The number of para-hydroxylation sites is 1. The number of nitrogens with one attached hydrogen (secondary N) is 2. The van der Waals surface area contributed by atoms with Crippen LogP contribution in [0.3, 0.4) is 0 Å². The number of anilines is 1. The summed E-state index contributed by atoms with van der Waals surface area (Å²) < 4.78 is 0. The highest BCUT2D eigenvalue weighted by atomic mass is 16.2. The van der Waals surface area contributed by atoms with Gasteiger partial charge in [0, 0.05) is 11.7 Å². The molecule has 0 radical (unpaired) electrons. The maximum atomic E-state index is 12.0. The third-order valence-electron chi connectivity index (χ3n) is 3.22. The van der Waals surface area contributed by atoms with E-state index in [0.717, 1.165) is 11.3 Å². The third kappa shape index (κ3) is 2.61. The van der Waals surface area contributed by atoms with E-state index in [-0.39, 0.29) is 24.4 Å². The van der Waals surface area contributed by atoms with Crippen LogP contribution >= 0.6 is 0 Å². The van der Waals surface area contributed by atoms with Crippen molar-refractivity contribution in [2.24, 2.45) is 11.7 Å². The summed E-state index contributed by atoms with van der Waals surface area (Å²) in [5.41, 5.74) is 7.21. The Balaban J connectivity index is 2.07. The summed E-state index contributed by atoms with van der Waals surface area (Å²) in [6.45, 7) is 1.86. The molecule has 0 fully saturated rings. The standard InChI is InChI=1S/C13H17N3O2/c1-8-10(13(18)15-7-12(14)17)6-9-4-2-3-5-11(9)16-8/h2-5,8,10,16H,6-7H2,1H3,(H2,14,17)(H,15,18). The molecule has 4 N–H and O–H groups in total. The number of hydrogen-bond acceptors (Lipinski definition) is 3. The Morgan fingerprint density at radius 2 is 2.17 bits per heavy atom. The van der Waals surface area contributed by atoms with Gasteiger partial charge in [0.25, 0.3) is 0 Å². The summed E-state index contributed by atoms with van der Waals surface area (Å²) in [7, 11) is 0. The maximum absolute atomic E-state index is 12.0. The molecule has 2 unspecified atom stereocenters. The summed E-state index contributed by atoms with van der Waals surface area (Å²) >= 11 is 0. The zero-order valence-corrected chi connectivity index (χ0v) is 10.3. The van der Waals surface area contributed by atoms with Crippen molar-refractivity contribution < 1.29 is 9.59 Å². The summed E-state index contributed by atoms with van der Waals surface area (Å²) in [6.07, 6.45) is 0.676. The quantitative estimate of drug-likeness (QED) is 0.716. The Morgan fingerprint density at radius 3 is 2.89 bits per heavy atom. The smallest absolute Gasteiger partial charge is 0.236 e. The van der Waals surface area contributed by atoms with Crippen molar-refractivity contribution in [2.75, 3.05) is 11.9 Å². The number of hydrogen-bond donors (Lipinski definition) is 3. The predicted molar refractivity (Wildman–Crippen MR) is 68.9 cm³/mol. The molecule has 5 nitrogen and oxygen atoms in total. The van der Waals surface area contributed by atoms with Crippen LogP contribution in [0.1, 0.15) is 12.5 Å². The monoisotopic (exact) mass is 247 g/mol. The number of nitrogens with two attached hydrogens (primary N) is 1. The van der Waals surface area contributed by atoms with E-state index in [1.807, 2.05) is 31.2 Å². The highest BCUT2D eigenvalue weighted by Crippen LogP contribution is 2.28. The zero-order chi connectivity index (χ0) is 13.1. The first-order chi connectivity index (χ1) is 8.58. The molecule has 0 saturated heterocycles. The minimum Gasteiger partial charge on any atom is -0.382 e. The lowest BCUT2D eigenvalue weighted by Gasteiger charge is -2.31. The van der Waals surface area contributed by atoms with E-state index < -0.39 is 5.91 Å². The molecule has 1 aromatic rings. The Hall–Kier alpha value is -2.04. The van der Waals surface area contributed by atoms with Crippen LogP contribution in [-0.4, -0.2) is 24.4 Å². The molecule has 1 heterocycles. The topological polar surface area (TPSA) is 84.2 Å². The fourth-order valence-corrected chi connectivity index (χ4v) is 2.22. The fourth-order valence-electron chi connectivity index (χ4n) is 2.22. The molecule has 18 heavy (non-hydrogen) atoms.